The highest BCUT2D eigenvalue weighted by molar-refractivity contribution is 6.31. The zero-order chi connectivity index (χ0) is 15.8. The van der Waals surface area contributed by atoms with E-state index < -0.39 is 0 Å². The van der Waals surface area contributed by atoms with Crippen LogP contribution >= 0.6 is 11.6 Å². The Morgan fingerprint density at radius 3 is 3.00 bits per heavy atom. The van der Waals surface area contributed by atoms with E-state index in [4.69, 9.17) is 11.6 Å². The molecule has 4 heteroatoms. The summed E-state index contributed by atoms with van der Waals surface area (Å²) in [5.41, 5.74) is 5.10. The predicted molar refractivity (Wildman–Crippen MR) is 96.4 cm³/mol. The average molecular weight is 324 g/mol. The van der Waals surface area contributed by atoms with Crippen molar-refractivity contribution in [2.24, 2.45) is 0 Å². The Bertz CT molecular complexity index is 881. The molecule has 0 spiro atoms. The van der Waals surface area contributed by atoms with Crippen LogP contribution in [-0.2, 0) is 13.0 Å². The smallest absolute Gasteiger partial charge is 0.0529 e. The molecule has 0 saturated carbocycles. The minimum Gasteiger partial charge on any atom is -0.320 e. The van der Waals surface area contributed by atoms with E-state index in [9.17, 15) is 0 Å². The lowest BCUT2D eigenvalue weighted by molar-refractivity contribution is 0.312. The van der Waals surface area contributed by atoms with Gasteiger partial charge < -0.3 is 9.47 Å². The molecular weight excluding hydrogens is 306 g/mol. The van der Waals surface area contributed by atoms with Crippen molar-refractivity contribution in [2.75, 3.05) is 13.6 Å². The van der Waals surface area contributed by atoms with Gasteiger partial charge in [0.05, 0.1) is 5.52 Å². The molecule has 3 nitrogen and oxygen atoms in total. The number of rotatable bonds is 2. The van der Waals surface area contributed by atoms with Gasteiger partial charge in [0.15, 0.2) is 0 Å². The van der Waals surface area contributed by atoms with Crippen molar-refractivity contribution in [2.45, 2.75) is 13.0 Å². The minimum absolute atomic E-state index is 0.793. The van der Waals surface area contributed by atoms with E-state index in [1.807, 2.05) is 18.3 Å². The number of fused-ring (bicyclic) bond motifs is 3. The molecule has 3 aromatic rings. The van der Waals surface area contributed by atoms with Crippen LogP contribution in [0.25, 0.3) is 23.2 Å². The van der Waals surface area contributed by atoms with Crippen LogP contribution in [0, 0.1) is 0 Å². The lowest BCUT2D eigenvalue weighted by Crippen LogP contribution is -2.26. The van der Waals surface area contributed by atoms with E-state index in [2.05, 4.69) is 52.0 Å². The molecule has 116 valence electrons. The first-order valence-electron chi connectivity index (χ1n) is 7.80. The topological polar surface area (TPSA) is 21.1 Å². The van der Waals surface area contributed by atoms with Gasteiger partial charge in [-0.05, 0) is 48.5 Å². The fourth-order valence-corrected chi connectivity index (χ4v) is 3.48. The Morgan fingerprint density at radius 2 is 2.17 bits per heavy atom. The molecule has 0 saturated heterocycles. The van der Waals surface area contributed by atoms with Crippen LogP contribution in [0.5, 0.6) is 0 Å². The molecule has 1 aliphatic rings. The van der Waals surface area contributed by atoms with Gasteiger partial charge in [-0.25, -0.2) is 0 Å². The van der Waals surface area contributed by atoms with Gasteiger partial charge >= 0.3 is 0 Å². The second-order valence-electron chi connectivity index (χ2n) is 6.05. The highest BCUT2D eigenvalue weighted by atomic mass is 35.5. The summed E-state index contributed by atoms with van der Waals surface area (Å²) in [5.74, 6) is 0. The number of hydrogen-bond donors (Lipinski definition) is 0. The number of hydrogen-bond acceptors (Lipinski definition) is 2. The molecule has 0 aliphatic carbocycles. The standard InChI is InChI=1S/C19H18ClN3/c1-22-9-7-19-17(13-22)16-11-15(20)4-5-18(16)23(19)10-6-14-3-2-8-21-12-14/h2-6,8,10-12H,7,9,13H2,1H3. The molecule has 3 heterocycles. The summed E-state index contributed by atoms with van der Waals surface area (Å²) in [6.45, 7) is 2.05. The second-order valence-corrected chi connectivity index (χ2v) is 6.48. The minimum atomic E-state index is 0.793. The third kappa shape index (κ3) is 2.67. The van der Waals surface area contributed by atoms with Gasteiger partial charge in [0.25, 0.3) is 0 Å². The third-order valence-electron chi connectivity index (χ3n) is 4.44. The number of likely N-dealkylation sites (N-methyl/N-ethyl adjacent to an activating group) is 1. The summed E-state index contributed by atoms with van der Waals surface area (Å²) in [5, 5.41) is 2.05. The molecule has 1 aliphatic heterocycles. The van der Waals surface area contributed by atoms with Crippen LogP contribution < -0.4 is 0 Å². The normalized spacial score (nSPS) is 15.4. The largest absolute Gasteiger partial charge is 0.320 e. The monoisotopic (exact) mass is 323 g/mol. The summed E-state index contributed by atoms with van der Waals surface area (Å²) in [4.78, 5) is 6.53. The van der Waals surface area contributed by atoms with E-state index >= 15 is 0 Å². The first-order valence-corrected chi connectivity index (χ1v) is 8.18. The highest BCUT2D eigenvalue weighted by Crippen LogP contribution is 2.32. The molecule has 0 amide bonds. The van der Waals surface area contributed by atoms with Gasteiger partial charge in [-0.15, -0.1) is 0 Å². The maximum atomic E-state index is 6.23. The SMILES string of the molecule is CN1CCc2c(c3cc(Cl)ccc3n2C=Cc2cccnc2)C1. The molecule has 0 unspecified atom stereocenters. The number of benzene rings is 1. The molecule has 4 rings (SSSR count). The van der Waals surface area contributed by atoms with Crippen molar-refractivity contribution in [3.05, 3.63) is 64.6 Å². The van der Waals surface area contributed by atoms with Crippen molar-refractivity contribution in [3.8, 4) is 0 Å². The Labute approximate surface area is 140 Å². The molecule has 1 aromatic carbocycles. The number of aromatic nitrogens is 2. The summed E-state index contributed by atoms with van der Waals surface area (Å²) in [6, 6.07) is 10.2. The maximum absolute atomic E-state index is 6.23. The quantitative estimate of drug-likeness (QED) is 0.701. The summed E-state index contributed by atoms with van der Waals surface area (Å²) >= 11 is 6.23. The Balaban J connectivity index is 1.87. The first-order chi connectivity index (χ1) is 11.2. The van der Waals surface area contributed by atoms with Crippen molar-refractivity contribution >= 4 is 34.8 Å². The zero-order valence-corrected chi connectivity index (χ0v) is 13.8. The van der Waals surface area contributed by atoms with Gasteiger partial charge in [-0.1, -0.05) is 17.7 Å². The van der Waals surface area contributed by atoms with Crippen molar-refractivity contribution in [1.82, 2.24) is 14.5 Å². The van der Waals surface area contributed by atoms with Gasteiger partial charge in [-0.2, -0.15) is 0 Å². The average Bonchev–Trinajstić information content (AvgIpc) is 2.86. The van der Waals surface area contributed by atoms with E-state index in [-0.39, 0.29) is 0 Å². The van der Waals surface area contributed by atoms with Crippen LogP contribution in [0.2, 0.25) is 5.02 Å². The first kappa shape index (κ1) is 14.5. The van der Waals surface area contributed by atoms with Crippen molar-refractivity contribution in [1.29, 1.82) is 0 Å². The van der Waals surface area contributed by atoms with Crippen LogP contribution in [0.1, 0.15) is 16.8 Å². The van der Waals surface area contributed by atoms with Crippen molar-refractivity contribution < 1.29 is 0 Å². The van der Waals surface area contributed by atoms with Gasteiger partial charge in [0.2, 0.25) is 0 Å². The molecular formula is C19H18ClN3. The molecule has 0 atom stereocenters. The molecule has 0 radical (unpaired) electrons. The van der Waals surface area contributed by atoms with Crippen molar-refractivity contribution in [3.63, 3.8) is 0 Å². The third-order valence-corrected chi connectivity index (χ3v) is 4.68. The fraction of sp³-hybridized carbons (Fsp3) is 0.211. The van der Waals surface area contributed by atoms with Crippen LogP contribution in [0.15, 0.2) is 42.7 Å². The Morgan fingerprint density at radius 1 is 1.26 bits per heavy atom. The number of pyridine rings is 1. The van der Waals surface area contributed by atoms with Gasteiger partial charge in [-0.3, -0.25) is 4.98 Å². The zero-order valence-electron chi connectivity index (χ0n) is 13.0. The van der Waals surface area contributed by atoms with Crippen LogP contribution in [-0.4, -0.2) is 28.0 Å². The Kier molecular flexibility index (Phi) is 3.68. The summed E-state index contributed by atoms with van der Waals surface area (Å²) in [6.07, 6.45) is 8.98. The van der Waals surface area contributed by atoms with E-state index in [0.29, 0.717) is 0 Å². The maximum Gasteiger partial charge on any atom is 0.0529 e. The van der Waals surface area contributed by atoms with Crippen LogP contribution in [0.4, 0.5) is 0 Å². The molecule has 0 N–H and O–H groups in total. The van der Waals surface area contributed by atoms with E-state index in [0.717, 1.165) is 30.1 Å². The molecule has 2 aromatic heterocycles. The number of halogens is 1. The lowest BCUT2D eigenvalue weighted by atomic mass is 10.1. The predicted octanol–water partition coefficient (Wildman–Crippen LogP) is 4.31. The molecule has 0 bridgehead atoms. The van der Waals surface area contributed by atoms with Gasteiger partial charge in [0, 0.05) is 54.2 Å². The number of nitrogens with zero attached hydrogens (tertiary/aromatic N) is 3. The Hall–Kier alpha value is -2.10. The molecule has 0 fully saturated rings. The van der Waals surface area contributed by atoms with Crippen LogP contribution in [0.3, 0.4) is 0 Å². The second kappa shape index (κ2) is 5.84. The fourth-order valence-electron chi connectivity index (χ4n) is 3.31. The lowest BCUT2D eigenvalue weighted by Gasteiger charge is -2.23. The summed E-state index contributed by atoms with van der Waals surface area (Å²) < 4.78 is 2.31. The summed E-state index contributed by atoms with van der Waals surface area (Å²) in [7, 11) is 2.17. The molecule has 23 heavy (non-hydrogen) atoms. The van der Waals surface area contributed by atoms with E-state index in [1.165, 1.54) is 22.2 Å². The van der Waals surface area contributed by atoms with E-state index in [1.54, 1.807) is 6.20 Å². The highest BCUT2D eigenvalue weighted by Gasteiger charge is 2.21. The van der Waals surface area contributed by atoms with Gasteiger partial charge in [0.1, 0.15) is 0 Å².